The summed E-state index contributed by atoms with van der Waals surface area (Å²) in [5, 5.41) is 0.103. The van der Waals surface area contributed by atoms with Gasteiger partial charge in [0.25, 0.3) is 10.0 Å². The van der Waals surface area contributed by atoms with Crippen molar-refractivity contribution in [1.82, 2.24) is 23.4 Å². The van der Waals surface area contributed by atoms with Gasteiger partial charge in [-0.15, -0.1) is 0 Å². The van der Waals surface area contributed by atoms with Crippen molar-refractivity contribution in [2.24, 2.45) is 7.05 Å². The third-order valence-corrected chi connectivity index (χ3v) is 6.54. The Bertz CT molecular complexity index is 1020. The smallest absolute Gasteiger partial charge is 0.262 e. The number of sulfonamides is 1. The second kappa shape index (κ2) is 6.37. The molecule has 1 aliphatic rings. The van der Waals surface area contributed by atoms with Gasteiger partial charge in [-0.05, 0) is 13.3 Å². The van der Waals surface area contributed by atoms with Gasteiger partial charge in [-0.1, -0.05) is 30.3 Å². The molecule has 0 amide bonds. The Morgan fingerprint density at radius 2 is 1.92 bits per heavy atom. The molecule has 1 aromatic carbocycles. The minimum absolute atomic E-state index is 0.0613. The van der Waals surface area contributed by atoms with Gasteiger partial charge in [-0.25, -0.2) is 18.4 Å². The summed E-state index contributed by atoms with van der Waals surface area (Å²) in [5.74, 6) is 0.880. The van der Waals surface area contributed by atoms with Gasteiger partial charge in [0, 0.05) is 43.8 Å². The first-order valence-corrected chi connectivity index (χ1v) is 9.98. The SMILES string of the molecule is Cc1cnc(-c2ccccc2)n1C1CCN(S(=O)(=O)c2cn(C)cn2)C1. The van der Waals surface area contributed by atoms with E-state index in [2.05, 4.69) is 14.5 Å². The molecule has 1 unspecified atom stereocenters. The normalized spacial score (nSPS) is 18.5. The number of aromatic nitrogens is 4. The third-order valence-electron chi connectivity index (χ3n) is 4.79. The van der Waals surface area contributed by atoms with E-state index in [1.807, 2.05) is 43.5 Å². The summed E-state index contributed by atoms with van der Waals surface area (Å²) in [5.41, 5.74) is 2.07. The first kappa shape index (κ1) is 17.0. The molecule has 0 radical (unpaired) electrons. The van der Waals surface area contributed by atoms with E-state index in [1.54, 1.807) is 17.8 Å². The molecule has 1 saturated heterocycles. The van der Waals surface area contributed by atoms with Gasteiger partial charge >= 0.3 is 0 Å². The van der Waals surface area contributed by atoms with E-state index in [0.29, 0.717) is 13.1 Å². The summed E-state index contributed by atoms with van der Waals surface area (Å²) in [4.78, 5) is 8.58. The van der Waals surface area contributed by atoms with Crippen LogP contribution in [-0.2, 0) is 17.1 Å². The van der Waals surface area contributed by atoms with E-state index < -0.39 is 10.0 Å². The average Bonchev–Trinajstić information content (AvgIpc) is 3.35. The Hall–Kier alpha value is -2.45. The van der Waals surface area contributed by atoms with Crippen molar-refractivity contribution in [2.75, 3.05) is 13.1 Å². The van der Waals surface area contributed by atoms with Crippen LogP contribution in [0.4, 0.5) is 0 Å². The summed E-state index contributed by atoms with van der Waals surface area (Å²) in [7, 11) is -1.80. The first-order chi connectivity index (χ1) is 12.5. The van der Waals surface area contributed by atoms with Crippen molar-refractivity contribution in [2.45, 2.75) is 24.4 Å². The molecule has 136 valence electrons. The quantitative estimate of drug-likeness (QED) is 0.705. The van der Waals surface area contributed by atoms with Crippen molar-refractivity contribution < 1.29 is 8.42 Å². The fourth-order valence-electron chi connectivity index (χ4n) is 3.50. The van der Waals surface area contributed by atoms with Crippen LogP contribution < -0.4 is 0 Å². The van der Waals surface area contributed by atoms with Gasteiger partial charge in [0.1, 0.15) is 5.82 Å². The minimum atomic E-state index is -3.56. The molecule has 1 aliphatic heterocycles. The Morgan fingerprint density at radius 1 is 1.15 bits per heavy atom. The molecule has 0 bridgehead atoms. The van der Waals surface area contributed by atoms with E-state index in [1.165, 1.54) is 10.6 Å². The van der Waals surface area contributed by atoms with Crippen molar-refractivity contribution in [3.8, 4) is 11.4 Å². The molecule has 4 rings (SSSR count). The Kier molecular flexibility index (Phi) is 4.16. The lowest BCUT2D eigenvalue weighted by atomic mass is 10.2. The maximum Gasteiger partial charge on any atom is 0.262 e. The van der Waals surface area contributed by atoms with Gasteiger partial charge in [0.15, 0.2) is 5.03 Å². The molecule has 8 heteroatoms. The fraction of sp³-hybridized carbons (Fsp3) is 0.333. The van der Waals surface area contributed by atoms with Gasteiger partial charge < -0.3 is 9.13 Å². The molecule has 2 aromatic heterocycles. The van der Waals surface area contributed by atoms with Gasteiger partial charge in [0.05, 0.1) is 12.4 Å². The summed E-state index contributed by atoms with van der Waals surface area (Å²) < 4.78 is 31.0. The van der Waals surface area contributed by atoms with Crippen LogP contribution in [0.3, 0.4) is 0 Å². The van der Waals surface area contributed by atoms with Crippen molar-refractivity contribution in [1.29, 1.82) is 0 Å². The minimum Gasteiger partial charge on any atom is -0.339 e. The second-order valence-electron chi connectivity index (χ2n) is 6.64. The van der Waals surface area contributed by atoms with Gasteiger partial charge in [-0.2, -0.15) is 4.31 Å². The zero-order valence-electron chi connectivity index (χ0n) is 14.8. The highest BCUT2D eigenvalue weighted by Crippen LogP contribution is 2.31. The number of hydrogen-bond acceptors (Lipinski definition) is 4. The van der Waals surface area contributed by atoms with Crippen LogP contribution in [0.15, 0.2) is 54.1 Å². The highest BCUT2D eigenvalue weighted by atomic mass is 32.2. The highest BCUT2D eigenvalue weighted by Gasteiger charge is 2.35. The zero-order chi connectivity index (χ0) is 18.3. The summed E-state index contributed by atoms with van der Waals surface area (Å²) in [6.45, 7) is 2.92. The number of aryl methyl sites for hydroxylation is 2. The standard InChI is InChI=1S/C18H21N5O2S/c1-14-10-19-18(15-6-4-3-5-7-15)23(14)16-8-9-22(11-16)26(24,25)17-12-21(2)13-20-17/h3-7,10,12-13,16H,8-9,11H2,1-2H3. The van der Waals surface area contributed by atoms with Crippen LogP contribution in [0.25, 0.3) is 11.4 Å². The molecule has 0 N–H and O–H groups in total. The van der Waals surface area contributed by atoms with Crippen LogP contribution in [0.5, 0.6) is 0 Å². The first-order valence-electron chi connectivity index (χ1n) is 8.54. The van der Waals surface area contributed by atoms with Crippen molar-refractivity contribution >= 4 is 10.0 Å². The number of rotatable bonds is 4. The molecule has 0 aliphatic carbocycles. The molecule has 1 atom stereocenters. The molecule has 0 spiro atoms. The number of nitrogens with zero attached hydrogens (tertiary/aromatic N) is 5. The van der Waals surface area contributed by atoms with Gasteiger partial charge in [0.2, 0.25) is 0 Å². The highest BCUT2D eigenvalue weighted by molar-refractivity contribution is 7.89. The Labute approximate surface area is 153 Å². The maximum absolute atomic E-state index is 12.8. The number of imidazole rings is 2. The third kappa shape index (κ3) is 2.85. The van der Waals surface area contributed by atoms with Crippen LogP contribution in [-0.4, -0.2) is 44.9 Å². The summed E-state index contributed by atoms with van der Waals surface area (Å²) in [6, 6.07) is 10.0. The predicted molar refractivity (Wildman–Crippen MR) is 98.0 cm³/mol. The molecule has 0 saturated carbocycles. The van der Waals surface area contributed by atoms with Crippen molar-refractivity contribution in [3.63, 3.8) is 0 Å². The molecular formula is C18H21N5O2S. The monoisotopic (exact) mass is 371 g/mol. The van der Waals surface area contributed by atoms with E-state index in [-0.39, 0.29) is 11.1 Å². The van der Waals surface area contributed by atoms with Crippen LogP contribution in [0.1, 0.15) is 18.2 Å². The van der Waals surface area contributed by atoms with E-state index in [9.17, 15) is 8.42 Å². The van der Waals surface area contributed by atoms with Gasteiger partial charge in [-0.3, -0.25) is 0 Å². The summed E-state index contributed by atoms with van der Waals surface area (Å²) in [6.07, 6.45) is 5.65. The average molecular weight is 371 g/mol. The maximum atomic E-state index is 12.8. The van der Waals surface area contributed by atoms with Crippen molar-refractivity contribution in [3.05, 3.63) is 54.7 Å². The lowest BCUT2D eigenvalue weighted by Gasteiger charge is -2.19. The second-order valence-corrected chi connectivity index (χ2v) is 8.53. The fourth-order valence-corrected chi connectivity index (χ4v) is 4.96. The zero-order valence-corrected chi connectivity index (χ0v) is 15.6. The molecule has 1 fully saturated rings. The topological polar surface area (TPSA) is 73.0 Å². The molecular weight excluding hydrogens is 350 g/mol. The molecule has 3 heterocycles. The number of benzene rings is 1. The number of hydrogen-bond donors (Lipinski definition) is 0. The van der Waals surface area contributed by atoms with E-state index in [0.717, 1.165) is 23.5 Å². The lowest BCUT2D eigenvalue weighted by molar-refractivity contribution is 0.449. The largest absolute Gasteiger partial charge is 0.339 e. The lowest BCUT2D eigenvalue weighted by Crippen LogP contribution is -2.29. The van der Waals surface area contributed by atoms with Crippen LogP contribution >= 0.6 is 0 Å². The predicted octanol–water partition coefficient (Wildman–Crippen LogP) is 2.23. The molecule has 26 heavy (non-hydrogen) atoms. The van der Waals surface area contributed by atoms with E-state index in [4.69, 9.17) is 0 Å². The summed E-state index contributed by atoms with van der Waals surface area (Å²) >= 11 is 0. The Balaban J connectivity index is 1.63. The molecule has 7 nitrogen and oxygen atoms in total. The van der Waals surface area contributed by atoms with E-state index >= 15 is 0 Å². The molecule has 3 aromatic rings. The van der Waals surface area contributed by atoms with Crippen LogP contribution in [0.2, 0.25) is 0 Å². The Morgan fingerprint density at radius 3 is 2.62 bits per heavy atom. The van der Waals surface area contributed by atoms with Crippen LogP contribution in [0, 0.1) is 6.92 Å².